The number of carbonyl (C=O) groups is 3. The van der Waals surface area contributed by atoms with Gasteiger partial charge in [0.25, 0.3) is 11.8 Å². The molecule has 9 heteroatoms. The Morgan fingerprint density at radius 2 is 1.81 bits per heavy atom. The van der Waals surface area contributed by atoms with E-state index < -0.39 is 30.4 Å². The van der Waals surface area contributed by atoms with Crippen molar-refractivity contribution in [3.05, 3.63) is 63.1 Å². The predicted octanol–water partition coefficient (Wildman–Crippen LogP) is 4.64. The van der Waals surface area contributed by atoms with Gasteiger partial charge < -0.3 is 15.4 Å². The smallest absolute Gasteiger partial charge is 0.329 e. The third-order valence-corrected chi connectivity index (χ3v) is 5.63. The quantitative estimate of drug-likeness (QED) is 0.508. The number of rotatable bonds is 9. The van der Waals surface area contributed by atoms with Crippen LogP contribution in [0.25, 0.3) is 0 Å². The van der Waals surface area contributed by atoms with Crippen LogP contribution in [0.2, 0.25) is 10.0 Å². The minimum atomic E-state index is -0.909. The third-order valence-electron chi connectivity index (χ3n) is 4.36. The lowest BCUT2D eigenvalue weighted by Crippen LogP contribution is -2.43. The van der Waals surface area contributed by atoms with Gasteiger partial charge in [0.2, 0.25) is 0 Å². The van der Waals surface area contributed by atoms with E-state index in [-0.39, 0.29) is 10.6 Å². The fourth-order valence-electron chi connectivity index (χ4n) is 2.85. The first-order valence-electron chi connectivity index (χ1n) is 9.50. The van der Waals surface area contributed by atoms with Crippen LogP contribution in [0, 0.1) is 13.8 Å². The fraction of sp³-hybridized carbons (Fsp3) is 0.318. The minimum absolute atomic E-state index is 0.258. The molecule has 1 unspecified atom stereocenters. The summed E-state index contributed by atoms with van der Waals surface area (Å²) in [6, 6.07) is 9.25. The molecule has 0 radical (unpaired) electrons. The maximum Gasteiger partial charge on any atom is 0.329 e. The Bertz CT molecular complexity index is 945. The molecule has 0 aromatic heterocycles. The molecule has 0 spiro atoms. The molecule has 2 aromatic carbocycles. The van der Waals surface area contributed by atoms with Gasteiger partial charge in [0.05, 0.1) is 21.3 Å². The van der Waals surface area contributed by atoms with Gasteiger partial charge in [-0.2, -0.15) is 11.8 Å². The van der Waals surface area contributed by atoms with Crippen LogP contribution in [-0.2, 0) is 14.3 Å². The van der Waals surface area contributed by atoms with E-state index in [0.717, 1.165) is 11.1 Å². The molecular formula is C22H24Cl2N2O4S. The van der Waals surface area contributed by atoms with Crippen LogP contribution in [0.15, 0.2) is 36.4 Å². The SMILES string of the molecule is CSCCC(NC(=O)c1ccccc1Cl)C(=O)OCC(=O)Nc1c(C)cc(C)cc1Cl. The number of benzene rings is 2. The van der Waals surface area contributed by atoms with Crippen molar-refractivity contribution in [2.45, 2.75) is 26.3 Å². The van der Waals surface area contributed by atoms with Gasteiger partial charge in [0, 0.05) is 0 Å². The zero-order chi connectivity index (χ0) is 23.0. The normalized spacial score (nSPS) is 11.5. The summed E-state index contributed by atoms with van der Waals surface area (Å²) in [5.41, 5.74) is 2.50. The van der Waals surface area contributed by atoms with E-state index in [0.29, 0.717) is 22.9 Å². The number of carbonyl (C=O) groups excluding carboxylic acids is 3. The molecule has 2 amide bonds. The van der Waals surface area contributed by atoms with Crippen molar-refractivity contribution in [2.24, 2.45) is 0 Å². The maximum absolute atomic E-state index is 12.6. The van der Waals surface area contributed by atoms with E-state index >= 15 is 0 Å². The van der Waals surface area contributed by atoms with Crippen molar-refractivity contribution in [1.29, 1.82) is 0 Å². The molecule has 0 fully saturated rings. The first kappa shape index (κ1) is 25.0. The van der Waals surface area contributed by atoms with Crippen molar-refractivity contribution in [3.63, 3.8) is 0 Å². The summed E-state index contributed by atoms with van der Waals surface area (Å²) in [4.78, 5) is 37.3. The Hall–Kier alpha value is -2.22. The van der Waals surface area contributed by atoms with Gasteiger partial charge in [-0.05, 0) is 61.6 Å². The summed E-state index contributed by atoms with van der Waals surface area (Å²) >= 11 is 13.8. The van der Waals surface area contributed by atoms with Gasteiger partial charge in [-0.1, -0.05) is 41.4 Å². The molecule has 31 heavy (non-hydrogen) atoms. The van der Waals surface area contributed by atoms with Gasteiger partial charge in [0.1, 0.15) is 6.04 Å². The number of nitrogens with one attached hydrogen (secondary N) is 2. The zero-order valence-corrected chi connectivity index (χ0v) is 19.8. The Labute approximate surface area is 196 Å². The number of aryl methyl sites for hydroxylation is 2. The zero-order valence-electron chi connectivity index (χ0n) is 17.5. The van der Waals surface area contributed by atoms with Crippen molar-refractivity contribution in [1.82, 2.24) is 5.32 Å². The molecule has 1 atom stereocenters. The summed E-state index contributed by atoms with van der Waals surface area (Å²) in [5, 5.41) is 5.99. The standard InChI is InChI=1S/C22H24Cl2N2O4S/c1-13-10-14(2)20(17(24)11-13)26-19(27)12-30-22(29)18(8-9-31-3)25-21(28)15-6-4-5-7-16(15)23/h4-7,10-11,18H,8-9,12H2,1-3H3,(H,25,28)(H,26,27). The van der Waals surface area contributed by atoms with Gasteiger partial charge in [-0.15, -0.1) is 0 Å². The third kappa shape index (κ3) is 7.45. The van der Waals surface area contributed by atoms with Gasteiger partial charge >= 0.3 is 5.97 Å². The summed E-state index contributed by atoms with van der Waals surface area (Å²) in [5.74, 6) is -1.09. The van der Waals surface area contributed by atoms with Crippen LogP contribution in [0.1, 0.15) is 27.9 Å². The first-order chi connectivity index (χ1) is 14.7. The van der Waals surface area contributed by atoms with E-state index in [1.807, 2.05) is 26.2 Å². The molecule has 2 aromatic rings. The molecule has 0 saturated heterocycles. The van der Waals surface area contributed by atoms with Crippen LogP contribution in [0.5, 0.6) is 0 Å². The van der Waals surface area contributed by atoms with E-state index in [1.165, 1.54) is 11.8 Å². The molecule has 0 bridgehead atoms. The molecule has 2 N–H and O–H groups in total. The fourth-order valence-corrected chi connectivity index (χ4v) is 3.91. The van der Waals surface area contributed by atoms with Crippen LogP contribution < -0.4 is 10.6 Å². The molecule has 0 aliphatic heterocycles. The lowest BCUT2D eigenvalue weighted by Gasteiger charge is -2.18. The molecule has 0 saturated carbocycles. The number of anilines is 1. The van der Waals surface area contributed by atoms with Crippen molar-refractivity contribution >= 4 is 58.4 Å². The van der Waals surface area contributed by atoms with Crippen LogP contribution in [0.3, 0.4) is 0 Å². The highest BCUT2D eigenvalue weighted by Gasteiger charge is 2.24. The predicted molar refractivity (Wildman–Crippen MR) is 126 cm³/mol. The molecular weight excluding hydrogens is 459 g/mol. The average Bonchev–Trinajstić information content (AvgIpc) is 2.72. The Morgan fingerprint density at radius 3 is 2.45 bits per heavy atom. The second-order valence-electron chi connectivity index (χ2n) is 6.88. The van der Waals surface area contributed by atoms with Crippen LogP contribution >= 0.6 is 35.0 Å². The highest BCUT2D eigenvalue weighted by atomic mass is 35.5. The van der Waals surface area contributed by atoms with Crippen molar-refractivity contribution in [3.8, 4) is 0 Å². The summed E-state index contributed by atoms with van der Waals surface area (Å²) in [6.45, 7) is 3.22. The Morgan fingerprint density at radius 1 is 1.10 bits per heavy atom. The van der Waals surface area contributed by atoms with Crippen molar-refractivity contribution < 1.29 is 19.1 Å². The Balaban J connectivity index is 1.99. The lowest BCUT2D eigenvalue weighted by molar-refractivity contribution is -0.149. The molecule has 2 rings (SSSR count). The number of hydrogen-bond acceptors (Lipinski definition) is 5. The van der Waals surface area contributed by atoms with Gasteiger partial charge in [-0.3, -0.25) is 9.59 Å². The lowest BCUT2D eigenvalue weighted by atomic mass is 10.1. The largest absolute Gasteiger partial charge is 0.454 e. The molecule has 166 valence electrons. The summed E-state index contributed by atoms with van der Waals surface area (Å²) in [6.07, 6.45) is 2.24. The maximum atomic E-state index is 12.6. The number of ether oxygens (including phenoxy) is 1. The Kier molecular flexibility index (Phi) is 9.68. The minimum Gasteiger partial charge on any atom is -0.454 e. The molecule has 0 aliphatic carbocycles. The van der Waals surface area contributed by atoms with E-state index in [4.69, 9.17) is 27.9 Å². The second kappa shape index (κ2) is 12.0. The number of amides is 2. The number of hydrogen-bond donors (Lipinski definition) is 2. The topological polar surface area (TPSA) is 84.5 Å². The first-order valence-corrected chi connectivity index (χ1v) is 11.7. The number of thioether (sulfide) groups is 1. The van der Waals surface area contributed by atoms with E-state index in [2.05, 4.69) is 10.6 Å². The molecule has 6 nitrogen and oxygen atoms in total. The highest BCUT2D eigenvalue weighted by Crippen LogP contribution is 2.27. The highest BCUT2D eigenvalue weighted by molar-refractivity contribution is 7.98. The van der Waals surface area contributed by atoms with E-state index in [1.54, 1.807) is 30.3 Å². The molecule has 0 aliphatic rings. The average molecular weight is 483 g/mol. The number of halogens is 2. The van der Waals surface area contributed by atoms with Crippen molar-refractivity contribution in [2.75, 3.05) is 23.9 Å². The van der Waals surface area contributed by atoms with E-state index in [9.17, 15) is 14.4 Å². The van der Waals surface area contributed by atoms with Crippen LogP contribution in [0.4, 0.5) is 5.69 Å². The second-order valence-corrected chi connectivity index (χ2v) is 8.68. The van der Waals surface area contributed by atoms with Crippen LogP contribution in [-0.4, -0.2) is 42.4 Å². The number of esters is 1. The molecule has 0 heterocycles. The van der Waals surface area contributed by atoms with Gasteiger partial charge in [-0.25, -0.2) is 4.79 Å². The monoisotopic (exact) mass is 482 g/mol. The van der Waals surface area contributed by atoms with Gasteiger partial charge in [0.15, 0.2) is 6.61 Å². The summed E-state index contributed by atoms with van der Waals surface area (Å²) in [7, 11) is 0. The summed E-state index contributed by atoms with van der Waals surface area (Å²) < 4.78 is 5.15.